The molecule has 0 saturated heterocycles. The van der Waals surface area contributed by atoms with E-state index in [9.17, 15) is 8.42 Å². The molecule has 0 aliphatic rings. The van der Waals surface area contributed by atoms with Gasteiger partial charge in [0, 0.05) is 19.3 Å². The Hall–Kier alpha value is -2.35. The quantitative estimate of drug-likeness (QED) is 0.828. The van der Waals surface area contributed by atoms with E-state index in [0.29, 0.717) is 5.75 Å². The van der Waals surface area contributed by atoms with Crippen LogP contribution in [0.1, 0.15) is 0 Å². The molecule has 0 atom stereocenters. The van der Waals surface area contributed by atoms with Crippen LogP contribution < -0.4 is 13.8 Å². The number of methoxy groups -OCH3 is 2. The van der Waals surface area contributed by atoms with E-state index in [2.05, 4.69) is 9.97 Å². The van der Waals surface area contributed by atoms with Crippen molar-refractivity contribution >= 4 is 16.0 Å². The van der Waals surface area contributed by atoms with Crippen molar-refractivity contribution in [1.82, 2.24) is 9.97 Å². The van der Waals surface area contributed by atoms with Gasteiger partial charge in [-0.2, -0.15) is 4.98 Å². The lowest BCUT2D eigenvalue weighted by molar-refractivity contribution is 0.397. The molecule has 0 N–H and O–H groups in total. The molecule has 0 aliphatic heterocycles. The topological polar surface area (TPSA) is 81.6 Å². The van der Waals surface area contributed by atoms with E-state index >= 15 is 0 Å². The van der Waals surface area contributed by atoms with E-state index in [4.69, 9.17) is 9.47 Å². The smallest absolute Gasteiger partial charge is 0.266 e. The van der Waals surface area contributed by atoms with Crippen LogP contribution >= 0.6 is 0 Å². The third-order valence-electron chi connectivity index (χ3n) is 2.83. The number of hydrogen-bond donors (Lipinski definition) is 0. The van der Waals surface area contributed by atoms with Gasteiger partial charge < -0.3 is 9.47 Å². The average Bonchev–Trinajstić information content (AvgIpc) is 2.54. The Morgan fingerprint density at radius 2 is 1.71 bits per heavy atom. The lowest BCUT2D eigenvalue weighted by Crippen LogP contribution is -2.28. The average molecular weight is 309 g/mol. The Kier molecular flexibility index (Phi) is 4.27. The first kappa shape index (κ1) is 15.0. The molecule has 21 heavy (non-hydrogen) atoms. The molecule has 1 aromatic carbocycles. The van der Waals surface area contributed by atoms with Crippen molar-refractivity contribution in [2.24, 2.45) is 0 Å². The number of aromatic nitrogens is 2. The Bertz CT molecular complexity index is 716. The zero-order valence-corrected chi connectivity index (χ0v) is 12.7. The fourth-order valence-corrected chi connectivity index (χ4v) is 2.71. The fourth-order valence-electron chi connectivity index (χ4n) is 1.61. The molecule has 1 heterocycles. The first-order chi connectivity index (χ1) is 9.98. The van der Waals surface area contributed by atoms with Gasteiger partial charge in [-0.05, 0) is 24.3 Å². The van der Waals surface area contributed by atoms with Gasteiger partial charge in [-0.25, -0.2) is 17.7 Å². The Morgan fingerprint density at radius 3 is 2.29 bits per heavy atom. The van der Waals surface area contributed by atoms with E-state index in [1.54, 1.807) is 12.1 Å². The molecule has 1 aromatic heterocycles. The third kappa shape index (κ3) is 3.05. The van der Waals surface area contributed by atoms with Crippen LogP contribution in [0.2, 0.25) is 0 Å². The molecule has 112 valence electrons. The van der Waals surface area contributed by atoms with E-state index in [1.807, 2.05) is 0 Å². The summed E-state index contributed by atoms with van der Waals surface area (Å²) in [5.41, 5.74) is 0. The van der Waals surface area contributed by atoms with E-state index < -0.39 is 10.0 Å². The molecule has 0 radical (unpaired) electrons. The number of anilines is 1. The summed E-state index contributed by atoms with van der Waals surface area (Å²) in [6, 6.07) is 7.62. The number of nitrogens with zero attached hydrogens (tertiary/aromatic N) is 3. The van der Waals surface area contributed by atoms with Gasteiger partial charge in [-0.1, -0.05) is 0 Å². The number of ether oxygens (including phenoxy) is 2. The van der Waals surface area contributed by atoms with Crippen LogP contribution in [-0.2, 0) is 10.0 Å². The summed E-state index contributed by atoms with van der Waals surface area (Å²) in [7, 11) is 0.601. The summed E-state index contributed by atoms with van der Waals surface area (Å²) in [5, 5.41) is 0. The third-order valence-corrected chi connectivity index (χ3v) is 4.58. The Morgan fingerprint density at radius 1 is 1.05 bits per heavy atom. The minimum atomic E-state index is -3.74. The molecule has 0 bridgehead atoms. The van der Waals surface area contributed by atoms with E-state index in [1.165, 1.54) is 45.7 Å². The summed E-state index contributed by atoms with van der Waals surface area (Å²) in [6.07, 6.45) is 1.43. The minimum absolute atomic E-state index is 0.0326. The van der Waals surface area contributed by atoms with Crippen molar-refractivity contribution in [2.75, 3.05) is 25.6 Å². The molecular weight excluding hydrogens is 294 g/mol. The van der Waals surface area contributed by atoms with Crippen LogP contribution in [0, 0.1) is 0 Å². The molecule has 2 rings (SSSR count). The molecule has 0 aliphatic carbocycles. The van der Waals surface area contributed by atoms with E-state index in [-0.39, 0.29) is 16.7 Å². The van der Waals surface area contributed by atoms with Gasteiger partial charge in [0.2, 0.25) is 11.8 Å². The number of sulfonamides is 1. The van der Waals surface area contributed by atoms with Gasteiger partial charge in [-0.15, -0.1) is 0 Å². The number of benzene rings is 1. The van der Waals surface area contributed by atoms with Crippen LogP contribution in [0.5, 0.6) is 11.6 Å². The van der Waals surface area contributed by atoms with Crippen LogP contribution in [-0.4, -0.2) is 39.7 Å². The van der Waals surface area contributed by atoms with Crippen molar-refractivity contribution in [3.63, 3.8) is 0 Å². The highest BCUT2D eigenvalue weighted by atomic mass is 32.2. The van der Waals surface area contributed by atoms with Gasteiger partial charge >= 0.3 is 0 Å². The molecule has 0 amide bonds. The normalized spacial score (nSPS) is 11.0. The molecular formula is C13H15N3O4S. The summed E-state index contributed by atoms with van der Waals surface area (Å²) in [5.74, 6) is 0.899. The molecule has 0 saturated carbocycles. The van der Waals surface area contributed by atoms with Crippen LogP contribution in [0.15, 0.2) is 41.4 Å². The largest absolute Gasteiger partial charge is 0.497 e. The maximum Gasteiger partial charge on any atom is 0.266 e. The first-order valence-corrected chi connectivity index (χ1v) is 7.43. The highest BCUT2D eigenvalue weighted by Gasteiger charge is 2.23. The van der Waals surface area contributed by atoms with Crippen molar-refractivity contribution < 1.29 is 17.9 Å². The lowest BCUT2D eigenvalue weighted by atomic mass is 10.3. The zero-order chi connectivity index (χ0) is 15.5. The van der Waals surface area contributed by atoms with Gasteiger partial charge in [0.1, 0.15) is 5.75 Å². The molecule has 7 nitrogen and oxygen atoms in total. The Balaban J connectivity index is 2.37. The summed E-state index contributed by atoms with van der Waals surface area (Å²) in [6.45, 7) is 0. The van der Waals surface area contributed by atoms with Crippen molar-refractivity contribution in [3.8, 4) is 11.6 Å². The standard InChI is InChI=1S/C13H15N3O4S/c1-16(13-14-9-8-12(15-13)20-3)21(17,18)11-6-4-10(19-2)5-7-11/h4-9H,1-3H3. The fraction of sp³-hybridized carbons (Fsp3) is 0.231. The van der Waals surface area contributed by atoms with E-state index in [0.717, 1.165) is 4.31 Å². The predicted molar refractivity (Wildman–Crippen MR) is 77.2 cm³/mol. The zero-order valence-electron chi connectivity index (χ0n) is 11.8. The van der Waals surface area contributed by atoms with Crippen molar-refractivity contribution in [3.05, 3.63) is 36.5 Å². The molecule has 0 fully saturated rings. The van der Waals surface area contributed by atoms with Crippen LogP contribution in [0.3, 0.4) is 0 Å². The van der Waals surface area contributed by atoms with Gasteiger partial charge in [0.15, 0.2) is 0 Å². The summed E-state index contributed by atoms with van der Waals surface area (Å²) in [4.78, 5) is 8.07. The first-order valence-electron chi connectivity index (χ1n) is 5.99. The maximum absolute atomic E-state index is 12.5. The minimum Gasteiger partial charge on any atom is -0.497 e. The van der Waals surface area contributed by atoms with Crippen molar-refractivity contribution in [2.45, 2.75) is 4.90 Å². The highest BCUT2D eigenvalue weighted by molar-refractivity contribution is 7.92. The number of rotatable bonds is 5. The second-order valence-corrected chi connectivity index (χ2v) is 6.02. The second-order valence-electron chi connectivity index (χ2n) is 4.05. The lowest BCUT2D eigenvalue weighted by Gasteiger charge is -2.17. The van der Waals surface area contributed by atoms with Gasteiger partial charge in [0.05, 0.1) is 19.1 Å². The summed E-state index contributed by atoms with van der Waals surface area (Å²) < 4.78 is 36.0. The maximum atomic E-state index is 12.5. The Labute approximate surface area is 123 Å². The summed E-state index contributed by atoms with van der Waals surface area (Å²) >= 11 is 0. The SMILES string of the molecule is COc1ccc(S(=O)(=O)N(C)c2nccc(OC)n2)cc1. The number of hydrogen-bond acceptors (Lipinski definition) is 6. The van der Waals surface area contributed by atoms with Gasteiger partial charge in [0.25, 0.3) is 10.0 Å². The molecule has 2 aromatic rings. The highest BCUT2D eigenvalue weighted by Crippen LogP contribution is 2.22. The molecule has 0 unspecified atom stereocenters. The molecule has 8 heteroatoms. The second kappa shape index (κ2) is 5.96. The monoisotopic (exact) mass is 309 g/mol. The predicted octanol–water partition coefficient (Wildman–Crippen LogP) is 1.32. The molecule has 0 spiro atoms. The van der Waals surface area contributed by atoms with Crippen molar-refractivity contribution in [1.29, 1.82) is 0 Å². The van der Waals surface area contributed by atoms with Crippen LogP contribution in [0.4, 0.5) is 5.95 Å². The van der Waals surface area contributed by atoms with Gasteiger partial charge in [-0.3, -0.25) is 0 Å². The van der Waals surface area contributed by atoms with Crippen LogP contribution in [0.25, 0.3) is 0 Å².